The lowest BCUT2D eigenvalue weighted by Gasteiger charge is -2.55. The molecule has 2 heterocycles. The number of hydrogen-bond donors (Lipinski definition) is 1. The highest BCUT2D eigenvalue weighted by molar-refractivity contribution is 5.84. The summed E-state index contributed by atoms with van der Waals surface area (Å²) in [6, 6.07) is 31.3. The number of nitrogens with zero attached hydrogens (tertiary/aromatic N) is 3. The fraction of sp³-hybridized carbons (Fsp3) is 0.310. The zero-order valence-electron chi connectivity index (χ0n) is 20.1. The van der Waals surface area contributed by atoms with Crippen molar-refractivity contribution in [3.63, 3.8) is 0 Å². The Morgan fingerprint density at radius 1 is 0.686 bits per heavy atom. The summed E-state index contributed by atoms with van der Waals surface area (Å²) in [6.07, 6.45) is 0.822. The summed E-state index contributed by atoms with van der Waals surface area (Å²) in [5.41, 5.74) is 2.88. The quantitative estimate of drug-likeness (QED) is 0.583. The predicted octanol–water partition coefficient (Wildman–Crippen LogP) is 3.54. The largest absolute Gasteiger partial charge is 0.341 e. The molecule has 3 aromatic carbocycles. The molecule has 2 aliphatic rings. The standard InChI is InChI=1S/C29H32N4O2/c1-30-28(35)32-21-19-31(20-22-32)27(34)26-17-18-33(26)29(23-11-5-2-6-12-23,24-13-7-3-8-14-24)25-15-9-4-10-16-25/h2-16,26H,17-22H2,1H3,(H,30,35)/t26-/m1/s1. The summed E-state index contributed by atoms with van der Waals surface area (Å²) >= 11 is 0. The van der Waals surface area contributed by atoms with E-state index in [0.29, 0.717) is 26.2 Å². The number of benzene rings is 3. The number of hydrogen-bond acceptors (Lipinski definition) is 3. The van der Waals surface area contributed by atoms with Crippen LogP contribution in [0.3, 0.4) is 0 Å². The molecule has 0 spiro atoms. The third-order valence-electron chi connectivity index (χ3n) is 7.40. The minimum atomic E-state index is -0.577. The van der Waals surface area contributed by atoms with Crippen LogP contribution in [0.1, 0.15) is 23.1 Å². The molecule has 3 aromatic rings. The van der Waals surface area contributed by atoms with E-state index in [9.17, 15) is 9.59 Å². The number of carbonyl (C=O) groups is 2. The van der Waals surface area contributed by atoms with Gasteiger partial charge in [0.2, 0.25) is 5.91 Å². The lowest BCUT2D eigenvalue weighted by Crippen LogP contribution is -2.66. The van der Waals surface area contributed by atoms with Gasteiger partial charge < -0.3 is 15.1 Å². The van der Waals surface area contributed by atoms with Gasteiger partial charge >= 0.3 is 6.03 Å². The summed E-state index contributed by atoms with van der Waals surface area (Å²) in [7, 11) is 1.64. The van der Waals surface area contributed by atoms with Crippen LogP contribution in [0.2, 0.25) is 0 Å². The number of amides is 3. The van der Waals surface area contributed by atoms with Gasteiger partial charge in [-0.05, 0) is 23.1 Å². The van der Waals surface area contributed by atoms with Crippen molar-refractivity contribution in [2.75, 3.05) is 39.8 Å². The van der Waals surface area contributed by atoms with Crippen LogP contribution in [-0.4, -0.2) is 72.5 Å². The van der Waals surface area contributed by atoms with Crippen molar-refractivity contribution < 1.29 is 9.59 Å². The minimum Gasteiger partial charge on any atom is -0.341 e. The Labute approximate surface area is 207 Å². The Morgan fingerprint density at radius 3 is 1.49 bits per heavy atom. The Hall–Kier alpha value is -3.64. The van der Waals surface area contributed by atoms with E-state index in [1.54, 1.807) is 11.9 Å². The number of urea groups is 1. The van der Waals surface area contributed by atoms with Gasteiger partial charge in [-0.1, -0.05) is 91.0 Å². The maximum absolute atomic E-state index is 13.8. The zero-order chi connectivity index (χ0) is 24.3. The molecule has 0 saturated carbocycles. The molecule has 0 aliphatic carbocycles. The average Bonchev–Trinajstić information content (AvgIpc) is 2.92. The lowest BCUT2D eigenvalue weighted by atomic mass is 9.72. The first-order chi connectivity index (χ1) is 17.2. The fourth-order valence-corrected chi connectivity index (χ4v) is 5.58. The molecule has 0 unspecified atom stereocenters. The van der Waals surface area contributed by atoms with Gasteiger partial charge in [0.05, 0.1) is 11.6 Å². The summed E-state index contributed by atoms with van der Waals surface area (Å²) in [6.45, 7) is 3.06. The molecule has 6 nitrogen and oxygen atoms in total. The maximum atomic E-state index is 13.8. The van der Waals surface area contributed by atoms with E-state index < -0.39 is 5.54 Å². The van der Waals surface area contributed by atoms with E-state index in [1.807, 2.05) is 23.1 Å². The molecule has 3 amide bonds. The Morgan fingerprint density at radius 2 is 1.11 bits per heavy atom. The second kappa shape index (κ2) is 9.92. The van der Waals surface area contributed by atoms with E-state index in [4.69, 9.17) is 0 Å². The van der Waals surface area contributed by atoms with Crippen molar-refractivity contribution in [1.29, 1.82) is 0 Å². The van der Waals surface area contributed by atoms with E-state index >= 15 is 0 Å². The molecule has 0 radical (unpaired) electrons. The molecule has 2 saturated heterocycles. The maximum Gasteiger partial charge on any atom is 0.317 e. The molecule has 35 heavy (non-hydrogen) atoms. The number of carbonyl (C=O) groups excluding carboxylic acids is 2. The number of rotatable bonds is 5. The lowest BCUT2D eigenvalue weighted by molar-refractivity contribution is -0.146. The zero-order valence-corrected chi connectivity index (χ0v) is 20.1. The molecule has 2 aliphatic heterocycles. The van der Waals surface area contributed by atoms with E-state index in [1.165, 1.54) is 0 Å². The summed E-state index contributed by atoms with van der Waals surface area (Å²) < 4.78 is 0. The van der Waals surface area contributed by atoms with E-state index in [-0.39, 0.29) is 18.0 Å². The smallest absolute Gasteiger partial charge is 0.317 e. The van der Waals surface area contributed by atoms with Gasteiger partial charge in [-0.3, -0.25) is 9.69 Å². The van der Waals surface area contributed by atoms with Gasteiger partial charge in [0, 0.05) is 39.8 Å². The minimum absolute atomic E-state index is 0.0846. The predicted molar refractivity (Wildman–Crippen MR) is 137 cm³/mol. The van der Waals surface area contributed by atoms with Crippen LogP contribution < -0.4 is 5.32 Å². The van der Waals surface area contributed by atoms with Crippen molar-refractivity contribution in [3.05, 3.63) is 108 Å². The molecule has 6 heteroatoms. The SMILES string of the molecule is CNC(=O)N1CCN(C(=O)[C@H]2CCN2C(c2ccccc2)(c2ccccc2)c2ccccc2)CC1. The normalized spacial score (nSPS) is 18.6. The van der Waals surface area contributed by atoms with Crippen LogP contribution >= 0.6 is 0 Å². The molecule has 0 bridgehead atoms. The van der Waals surface area contributed by atoms with Gasteiger partial charge in [-0.15, -0.1) is 0 Å². The molecule has 0 aromatic heterocycles. The van der Waals surface area contributed by atoms with E-state index in [2.05, 4.69) is 83.0 Å². The van der Waals surface area contributed by atoms with Crippen molar-refractivity contribution in [2.24, 2.45) is 0 Å². The molecule has 180 valence electrons. The first-order valence-corrected chi connectivity index (χ1v) is 12.3. The molecule has 1 N–H and O–H groups in total. The topological polar surface area (TPSA) is 55.9 Å². The first-order valence-electron chi connectivity index (χ1n) is 12.3. The highest BCUT2D eigenvalue weighted by Crippen LogP contribution is 2.47. The summed E-state index contributed by atoms with van der Waals surface area (Å²) in [4.78, 5) is 31.9. The van der Waals surface area contributed by atoms with Crippen molar-refractivity contribution >= 4 is 11.9 Å². The average molecular weight is 469 g/mol. The van der Waals surface area contributed by atoms with E-state index in [0.717, 1.165) is 29.7 Å². The van der Waals surface area contributed by atoms with Gasteiger partial charge in [-0.25, -0.2) is 4.79 Å². The van der Waals surface area contributed by atoms with Crippen LogP contribution in [-0.2, 0) is 10.3 Å². The van der Waals surface area contributed by atoms with Crippen LogP contribution in [0.15, 0.2) is 91.0 Å². The van der Waals surface area contributed by atoms with Crippen molar-refractivity contribution in [1.82, 2.24) is 20.0 Å². The van der Waals surface area contributed by atoms with Crippen molar-refractivity contribution in [3.8, 4) is 0 Å². The van der Waals surface area contributed by atoms with Gasteiger partial charge in [0.15, 0.2) is 0 Å². The van der Waals surface area contributed by atoms with Gasteiger partial charge in [-0.2, -0.15) is 0 Å². The molecule has 1 atom stereocenters. The molecule has 5 rings (SSSR count). The van der Waals surface area contributed by atoms with Crippen molar-refractivity contribution in [2.45, 2.75) is 18.0 Å². The number of likely N-dealkylation sites (tertiary alicyclic amines) is 1. The van der Waals surface area contributed by atoms with Crippen LogP contribution in [0, 0.1) is 0 Å². The molecule has 2 fully saturated rings. The second-order valence-electron chi connectivity index (χ2n) is 9.17. The monoisotopic (exact) mass is 468 g/mol. The first kappa shape index (κ1) is 23.1. The molecular formula is C29H32N4O2. The number of nitrogens with one attached hydrogen (secondary N) is 1. The third kappa shape index (κ3) is 4.08. The summed E-state index contributed by atoms with van der Waals surface area (Å²) in [5, 5.41) is 2.68. The van der Waals surface area contributed by atoms with Gasteiger partial charge in [0.25, 0.3) is 0 Å². The van der Waals surface area contributed by atoms with Crippen LogP contribution in [0.4, 0.5) is 4.79 Å². The Kier molecular flexibility index (Phi) is 6.55. The molecular weight excluding hydrogens is 436 g/mol. The van der Waals surface area contributed by atoms with Crippen LogP contribution in [0.25, 0.3) is 0 Å². The number of piperazine rings is 1. The summed E-state index contributed by atoms with van der Waals surface area (Å²) in [5.74, 6) is 0.153. The third-order valence-corrected chi connectivity index (χ3v) is 7.40. The Balaban J connectivity index is 1.53. The second-order valence-corrected chi connectivity index (χ2v) is 9.17. The fourth-order valence-electron chi connectivity index (χ4n) is 5.58. The van der Waals surface area contributed by atoms with Crippen LogP contribution in [0.5, 0.6) is 0 Å². The highest BCUT2D eigenvalue weighted by atomic mass is 16.2. The highest BCUT2D eigenvalue weighted by Gasteiger charge is 2.51. The van der Waals surface area contributed by atoms with Gasteiger partial charge in [0.1, 0.15) is 0 Å². The Bertz CT molecular complexity index is 1050.